The number of nitrogens with zero attached hydrogens (tertiary/aromatic N) is 1. The average Bonchev–Trinajstić information content (AvgIpc) is 2.54. The number of methoxy groups -OCH3 is 1. The number of aliphatic hydroxyl groups is 1. The average molecular weight is 310 g/mol. The van der Waals surface area contributed by atoms with Gasteiger partial charge in [0.05, 0.1) is 18.7 Å². The zero-order chi connectivity index (χ0) is 16.1. The standard InChI is InChI=1S/C16H23FN2O3/c1-11(15-13(17)4-3-5-14(15)22-2)18-16(21)19-8-6-12(10-20)7-9-19/h3-5,11-12,20H,6-10H2,1-2H3,(H,18,21)/t11-/m0/s1. The van der Waals surface area contributed by atoms with E-state index in [0.29, 0.717) is 24.4 Å². The van der Waals surface area contributed by atoms with E-state index >= 15 is 0 Å². The van der Waals surface area contributed by atoms with Crippen LogP contribution in [0.25, 0.3) is 0 Å². The van der Waals surface area contributed by atoms with Crippen molar-refractivity contribution < 1.29 is 19.0 Å². The lowest BCUT2D eigenvalue weighted by Gasteiger charge is -2.32. The molecule has 0 radical (unpaired) electrons. The molecule has 1 saturated heterocycles. The molecule has 1 fully saturated rings. The maximum absolute atomic E-state index is 14.0. The van der Waals surface area contributed by atoms with Crippen molar-refractivity contribution in [2.24, 2.45) is 5.92 Å². The van der Waals surface area contributed by atoms with Gasteiger partial charge in [0.2, 0.25) is 0 Å². The van der Waals surface area contributed by atoms with E-state index in [2.05, 4.69) is 5.32 Å². The molecule has 2 rings (SSSR count). The Morgan fingerprint density at radius 2 is 2.18 bits per heavy atom. The summed E-state index contributed by atoms with van der Waals surface area (Å²) in [5, 5.41) is 11.9. The maximum atomic E-state index is 14.0. The molecule has 1 aliphatic rings. The Hall–Kier alpha value is -1.82. The highest BCUT2D eigenvalue weighted by Crippen LogP contribution is 2.28. The molecule has 1 atom stereocenters. The molecular formula is C16H23FN2O3. The second kappa shape index (κ2) is 7.45. The van der Waals surface area contributed by atoms with Crippen molar-refractivity contribution in [2.45, 2.75) is 25.8 Å². The van der Waals surface area contributed by atoms with Gasteiger partial charge in [-0.3, -0.25) is 0 Å². The second-order valence-corrected chi connectivity index (χ2v) is 5.64. The lowest BCUT2D eigenvalue weighted by Crippen LogP contribution is -2.45. The summed E-state index contributed by atoms with van der Waals surface area (Å²) < 4.78 is 19.2. The van der Waals surface area contributed by atoms with Gasteiger partial charge in [0.1, 0.15) is 11.6 Å². The summed E-state index contributed by atoms with van der Waals surface area (Å²) in [5.41, 5.74) is 0.351. The minimum atomic E-state index is -0.487. The summed E-state index contributed by atoms with van der Waals surface area (Å²) in [7, 11) is 1.48. The van der Waals surface area contributed by atoms with Gasteiger partial charge in [-0.25, -0.2) is 9.18 Å². The van der Waals surface area contributed by atoms with Crippen molar-refractivity contribution in [1.29, 1.82) is 0 Å². The van der Waals surface area contributed by atoms with Gasteiger partial charge in [-0.2, -0.15) is 0 Å². The Labute approximate surface area is 130 Å². The molecule has 1 aliphatic heterocycles. The van der Waals surface area contributed by atoms with Gasteiger partial charge in [-0.05, 0) is 37.8 Å². The number of hydrogen-bond donors (Lipinski definition) is 2. The van der Waals surface area contributed by atoms with Crippen molar-refractivity contribution in [3.63, 3.8) is 0 Å². The van der Waals surface area contributed by atoms with Crippen LogP contribution in [0.5, 0.6) is 5.75 Å². The Kier molecular flexibility index (Phi) is 5.60. The number of ether oxygens (including phenoxy) is 1. The first-order chi connectivity index (χ1) is 10.6. The molecule has 0 unspecified atom stereocenters. The van der Waals surface area contributed by atoms with Gasteiger partial charge in [-0.1, -0.05) is 6.07 Å². The van der Waals surface area contributed by atoms with Crippen LogP contribution in [0.1, 0.15) is 31.4 Å². The first kappa shape index (κ1) is 16.5. The van der Waals surface area contributed by atoms with Crippen LogP contribution in [0.3, 0.4) is 0 Å². The van der Waals surface area contributed by atoms with Crippen LogP contribution in [0.15, 0.2) is 18.2 Å². The quantitative estimate of drug-likeness (QED) is 0.897. The van der Waals surface area contributed by atoms with Gasteiger partial charge in [-0.15, -0.1) is 0 Å². The molecule has 0 aromatic heterocycles. The van der Waals surface area contributed by atoms with E-state index in [1.165, 1.54) is 13.2 Å². The summed E-state index contributed by atoms with van der Waals surface area (Å²) in [5.74, 6) is 0.297. The molecule has 1 heterocycles. The monoisotopic (exact) mass is 310 g/mol. The van der Waals surface area contributed by atoms with Crippen LogP contribution in [0.2, 0.25) is 0 Å². The van der Waals surface area contributed by atoms with E-state index in [1.54, 1.807) is 24.0 Å². The smallest absolute Gasteiger partial charge is 0.317 e. The molecule has 1 aromatic rings. The van der Waals surface area contributed by atoms with E-state index in [-0.39, 0.29) is 18.6 Å². The number of benzene rings is 1. The lowest BCUT2D eigenvalue weighted by molar-refractivity contribution is 0.136. The number of rotatable bonds is 4. The first-order valence-corrected chi connectivity index (χ1v) is 7.55. The van der Waals surface area contributed by atoms with Crippen LogP contribution in [0, 0.1) is 11.7 Å². The summed E-state index contributed by atoms with van der Waals surface area (Å²) in [6.07, 6.45) is 1.59. The van der Waals surface area contributed by atoms with E-state index in [1.807, 2.05) is 0 Å². The Morgan fingerprint density at radius 1 is 1.50 bits per heavy atom. The van der Waals surface area contributed by atoms with Crippen molar-refractivity contribution in [1.82, 2.24) is 10.2 Å². The number of halogens is 1. The van der Waals surface area contributed by atoms with Crippen LogP contribution in [0.4, 0.5) is 9.18 Å². The number of urea groups is 1. The number of piperidine rings is 1. The number of hydrogen-bond acceptors (Lipinski definition) is 3. The number of aliphatic hydroxyl groups excluding tert-OH is 1. The normalized spacial score (nSPS) is 17.2. The highest BCUT2D eigenvalue weighted by Gasteiger charge is 2.25. The molecule has 22 heavy (non-hydrogen) atoms. The molecule has 6 heteroatoms. The Balaban J connectivity index is 2.00. The molecule has 0 saturated carbocycles. The van der Waals surface area contributed by atoms with Gasteiger partial charge in [0, 0.05) is 19.7 Å². The molecule has 5 nitrogen and oxygen atoms in total. The van der Waals surface area contributed by atoms with Gasteiger partial charge in [0.15, 0.2) is 0 Å². The number of amides is 2. The van der Waals surface area contributed by atoms with E-state index in [9.17, 15) is 9.18 Å². The fourth-order valence-electron chi connectivity index (χ4n) is 2.78. The minimum Gasteiger partial charge on any atom is -0.496 e. The molecule has 0 spiro atoms. The zero-order valence-corrected chi connectivity index (χ0v) is 13.0. The molecule has 0 aliphatic carbocycles. The summed E-state index contributed by atoms with van der Waals surface area (Å²) in [6.45, 7) is 3.12. The minimum absolute atomic E-state index is 0.165. The van der Waals surface area contributed by atoms with Crippen LogP contribution in [-0.4, -0.2) is 42.8 Å². The number of carbonyl (C=O) groups is 1. The van der Waals surface area contributed by atoms with Gasteiger partial charge in [0.25, 0.3) is 0 Å². The van der Waals surface area contributed by atoms with Gasteiger partial charge < -0.3 is 20.1 Å². The predicted molar refractivity (Wildman–Crippen MR) is 81.3 cm³/mol. The van der Waals surface area contributed by atoms with E-state index in [0.717, 1.165) is 12.8 Å². The van der Waals surface area contributed by atoms with Crippen molar-refractivity contribution in [3.05, 3.63) is 29.6 Å². The molecule has 2 amide bonds. The molecule has 2 N–H and O–H groups in total. The topological polar surface area (TPSA) is 61.8 Å². The van der Waals surface area contributed by atoms with Crippen molar-refractivity contribution in [2.75, 3.05) is 26.8 Å². The zero-order valence-electron chi connectivity index (χ0n) is 13.0. The van der Waals surface area contributed by atoms with Crippen LogP contribution in [-0.2, 0) is 0 Å². The van der Waals surface area contributed by atoms with Crippen molar-refractivity contribution in [3.8, 4) is 5.75 Å². The fourth-order valence-corrected chi connectivity index (χ4v) is 2.78. The maximum Gasteiger partial charge on any atom is 0.317 e. The van der Waals surface area contributed by atoms with Crippen LogP contribution < -0.4 is 10.1 Å². The Morgan fingerprint density at radius 3 is 2.77 bits per heavy atom. The highest BCUT2D eigenvalue weighted by atomic mass is 19.1. The largest absolute Gasteiger partial charge is 0.496 e. The number of carbonyl (C=O) groups excluding carboxylic acids is 1. The summed E-state index contributed by atoms with van der Waals surface area (Å²) >= 11 is 0. The molecule has 1 aromatic carbocycles. The van der Waals surface area contributed by atoms with E-state index < -0.39 is 11.9 Å². The number of likely N-dealkylation sites (tertiary alicyclic amines) is 1. The van der Waals surface area contributed by atoms with Gasteiger partial charge >= 0.3 is 6.03 Å². The lowest BCUT2D eigenvalue weighted by atomic mass is 9.98. The van der Waals surface area contributed by atoms with Crippen molar-refractivity contribution >= 4 is 6.03 Å². The summed E-state index contributed by atoms with van der Waals surface area (Å²) in [4.78, 5) is 14.0. The summed E-state index contributed by atoms with van der Waals surface area (Å²) in [6, 6.07) is 3.90. The van der Waals surface area contributed by atoms with E-state index in [4.69, 9.17) is 9.84 Å². The third-order valence-electron chi connectivity index (χ3n) is 4.17. The fraction of sp³-hybridized carbons (Fsp3) is 0.562. The predicted octanol–water partition coefficient (Wildman–Crippen LogP) is 2.31. The SMILES string of the molecule is COc1cccc(F)c1[C@H](C)NC(=O)N1CCC(CO)CC1. The third-order valence-corrected chi connectivity index (χ3v) is 4.17. The Bertz CT molecular complexity index is 516. The molecule has 122 valence electrons. The second-order valence-electron chi connectivity index (χ2n) is 5.64. The third kappa shape index (κ3) is 3.68. The first-order valence-electron chi connectivity index (χ1n) is 7.55. The molecule has 0 bridgehead atoms. The van der Waals surface area contributed by atoms with Crippen LogP contribution >= 0.6 is 0 Å². The molecular weight excluding hydrogens is 287 g/mol. The number of nitrogens with one attached hydrogen (secondary N) is 1. The highest BCUT2D eigenvalue weighted by molar-refractivity contribution is 5.75.